The second-order valence-corrected chi connectivity index (χ2v) is 6.58. The van der Waals surface area contributed by atoms with Crippen molar-refractivity contribution < 1.29 is 8.42 Å². The first-order valence-corrected chi connectivity index (χ1v) is 8.38. The first-order chi connectivity index (χ1) is 9.61. The Labute approximate surface area is 120 Å². The van der Waals surface area contributed by atoms with Crippen molar-refractivity contribution in [2.45, 2.75) is 19.8 Å². The van der Waals surface area contributed by atoms with E-state index >= 15 is 0 Å². The van der Waals surface area contributed by atoms with Crippen molar-refractivity contribution in [3.63, 3.8) is 0 Å². The fraction of sp³-hybridized carbons (Fsp3) is 0.250. The molecule has 2 rings (SSSR count). The molecule has 0 radical (unpaired) electrons. The molecule has 106 valence electrons. The van der Waals surface area contributed by atoms with Crippen molar-refractivity contribution in [1.82, 2.24) is 0 Å². The largest absolute Gasteiger partial charge is 0.283 e. The van der Waals surface area contributed by atoms with Gasteiger partial charge >= 0.3 is 0 Å². The third-order valence-corrected chi connectivity index (χ3v) is 4.47. The molecule has 4 heteroatoms. The minimum atomic E-state index is -3.25. The number of sulfonamides is 1. The molecule has 0 aliphatic rings. The summed E-state index contributed by atoms with van der Waals surface area (Å²) in [5.41, 5.74) is 2.82. The van der Waals surface area contributed by atoms with E-state index in [0.717, 1.165) is 11.1 Å². The van der Waals surface area contributed by atoms with E-state index in [1.54, 1.807) is 0 Å². The lowest BCUT2D eigenvalue weighted by atomic mass is 10.0. The van der Waals surface area contributed by atoms with Gasteiger partial charge in [-0.2, -0.15) is 0 Å². The lowest BCUT2D eigenvalue weighted by Crippen LogP contribution is -2.17. The molecule has 0 atom stereocenters. The second kappa shape index (κ2) is 6.57. The maximum atomic E-state index is 11.9. The van der Waals surface area contributed by atoms with Gasteiger partial charge in [0.1, 0.15) is 0 Å². The van der Waals surface area contributed by atoms with Crippen LogP contribution in [-0.2, 0) is 16.4 Å². The molecule has 3 nitrogen and oxygen atoms in total. The summed E-state index contributed by atoms with van der Waals surface area (Å²) in [5, 5.41) is 0. The molecule has 0 spiro atoms. The first-order valence-electron chi connectivity index (χ1n) is 6.73. The Morgan fingerprint density at radius 1 is 0.950 bits per heavy atom. The number of nitrogens with one attached hydrogen (secondary N) is 1. The van der Waals surface area contributed by atoms with Gasteiger partial charge in [0.05, 0.1) is 11.4 Å². The zero-order chi connectivity index (χ0) is 14.4. The molecule has 20 heavy (non-hydrogen) atoms. The van der Waals surface area contributed by atoms with Crippen molar-refractivity contribution in [2.75, 3.05) is 10.5 Å². The number of hydrogen-bond donors (Lipinski definition) is 1. The second-order valence-electron chi connectivity index (χ2n) is 4.74. The van der Waals surface area contributed by atoms with Crippen LogP contribution in [-0.4, -0.2) is 14.2 Å². The maximum absolute atomic E-state index is 11.9. The lowest BCUT2D eigenvalue weighted by Gasteiger charge is -2.12. The van der Waals surface area contributed by atoms with E-state index in [2.05, 4.69) is 4.72 Å². The molecule has 0 saturated heterocycles. The van der Waals surface area contributed by atoms with Crippen LogP contribution in [0.15, 0.2) is 54.6 Å². The third kappa shape index (κ3) is 4.10. The Hall–Kier alpha value is -1.81. The van der Waals surface area contributed by atoms with E-state index in [1.165, 1.54) is 0 Å². The molecule has 0 aromatic heterocycles. The van der Waals surface area contributed by atoms with Crippen molar-refractivity contribution in [3.05, 3.63) is 65.7 Å². The summed E-state index contributed by atoms with van der Waals surface area (Å²) in [6, 6.07) is 17.6. The first kappa shape index (κ1) is 14.6. The Morgan fingerprint density at radius 3 is 2.30 bits per heavy atom. The molecule has 1 N–H and O–H groups in total. The Bertz CT molecular complexity index is 651. The van der Waals surface area contributed by atoms with E-state index in [9.17, 15) is 8.42 Å². The average Bonchev–Trinajstić information content (AvgIpc) is 2.42. The molecule has 0 unspecified atom stereocenters. The SMILES string of the molecule is CCCS(=O)(=O)Nc1ccccc1Cc1ccccc1. The van der Waals surface area contributed by atoms with Crippen LogP contribution < -0.4 is 4.72 Å². The van der Waals surface area contributed by atoms with Crippen LogP contribution in [0.2, 0.25) is 0 Å². The minimum Gasteiger partial charge on any atom is -0.283 e. The summed E-state index contributed by atoms with van der Waals surface area (Å²) in [7, 11) is -3.25. The van der Waals surface area contributed by atoms with Gasteiger partial charge in [-0.05, 0) is 30.0 Å². The van der Waals surface area contributed by atoms with Crippen LogP contribution in [0.4, 0.5) is 5.69 Å². The molecular weight excluding hydrogens is 270 g/mol. The van der Waals surface area contributed by atoms with Gasteiger partial charge in [0.2, 0.25) is 10.0 Å². The van der Waals surface area contributed by atoms with E-state index < -0.39 is 10.0 Å². The number of para-hydroxylation sites is 1. The van der Waals surface area contributed by atoms with Crippen LogP contribution in [0, 0.1) is 0 Å². The quantitative estimate of drug-likeness (QED) is 0.885. The predicted octanol–water partition coefficient (Wildman–Crippen LogP) is 3.43. The van der Waals surface area contributed by atoms with Gasteiger partial charge in [0, 0.05) is 0 Å². The van der Waals surface area contributed by atoms with Gasteiger partial charge in [-0.25, -0.2) is 8.42 Å². The molecule has 0 aliphatic heterocycles. The van der Waals surface area contributed by atoms with Gasteiger partial charge in [-0.3, -0.25) is 4.72 Å². The van der Waals surface area contributed by atoms with E-state index in [1.807, 2.05) is 61.5 Å². The smallest absolute Gasteiger partial charge is 0.232 e. The van der Waals surface area contributed by atoms with Crippen LogP contribution in [0.1, 0.15) is 24.5 Å². The van der Waals surface area contributed by atoms with Gasteiger partial charge in [0.25, 0.3) is 0 Å². The number of rotatable bonds is 6. The Kier molecular flexibility index (Phi) is 4.79. The maximum Gasteiger partial charge on any atom is 0.232 e. The number of anilines is 1. The van der Waals surface area contributed by atoms with Gasteiger partial charge < -0.3 is 0 Å². The van der Waals surface area contributed by atoms with E-state index in [-0.39, 0.29) is 5.75 Å². The van der Waals surface area contributed by atoms with Gasteiger partial charge in [-0.1, -0.05) is 55.5 Å². The summed E-state index contributed by atoms with van der Waals surface area (Å²) in [4.78, 5) is 0. The summed E-state index contributed by atoms with van der Waals surface area (Å²) >= 11 is 0. The molecular formula is C16H19NO2S. The van der Waals surface area contributed by atoms with E-state index in [4.69, 9.17) is 0 Å². The normalized spacial score (nSPS) is 11.2. The highest BCUT2D eigenvalue weighted by atomic mass is 32.2. The Morgan fingerprint density at radius 2 is 1.60 bits per heavy atom. The standard InChI is InChI=1S/C16H19NO2S/c1-2-12-20(18,19)17-16-11-7-6-10-15(16)13-14-8-4-3-5-9-14/h3-11,17H,2,12-13H2,1H3. The molecule has 0 aliphatic carbocycles. The van der Waals surface area contributed by atoms with Crippen molar-refractivity contribution >= 4 is 15.7 Å². The topological polar surface area (TPSA) is 46.2 Å². The summed E-state index contributed by atoms with van der Waals surface area (Å²) < 4.78 is 26.5. The summed E-state index contributed by atoms with van der Waals surface area (Å²) in [6.45, 7) is 1.86. The van der Waals surface area contributed by atoms with Crippen LogP contribution in [0.25, 0.3) is 0 Å². The van der Waals surface area contributed by atoms with Crippen molar-refractivity contribution in [3.8, 4) is 0 Å². The van der Waals surface area contributed by atoms with Crippen molar-refractivity contribution in [2.24, 2.45) is 0 Å². The molecule has 0 heterocycles. The zero-order valence-electron chi connectivity index (χ0n) is 11.5. The van der Waals surface area contributed by atoms with E-state index in [0.29, 0.717) is 18.5 Å². The molecule has 0 bridgehead atoms. The molecule has 2 aromatic carbocycles. The zero-order valence-corrected chi connectivity index (χ0v) is 12.4. The molecule has 2 aromatic rings. The fourth-order valence-electron chi connectivity index (χ4n) is 2.08. The molecule has 0 fully saturated rings. The van der Waals surface area contributed by atoms with Crippen LogP contribution in [0.3, 0.4) is 0 Å². The van der Waals surface area contributed by atoms with Crippen LogP contribution >= 0.6 is 0 Å². The van der Waals surface area contributed by atoms with Gasteiger partial charge in [0.15, 0.2) is 0 Å². The summed E-state index contributed by atoms with van der Waals surface area (Å²) in [5.74, 6) is 0.146. The third-order valence-electron chi connectivity index (χ3n) is 2.99. The lowest BCUT2D eigenvalue weighted by molar-refractivity contribution is 0.600. The number of benzene rings is 2. The van der Waals surface area contributed by atoms with Crippen molar-refractivity contribution in [1.29, 1.82) is 0 Å². The minimum absolute atomic E-state index is 0.146. The highest BCUT2D eigenvalue weighted by Gasteiger charge is 2.11. The predicted molar refractivity (Wildman–Crippen MR) is 83.4 cm³/mol. The fourth-order valence-corrected chi connectivity index (χ4v) is 3.25. The average molecular weight is 289 g/mol. The van der Waals surface area contributed by atoms with Crippen LogP contribution in [0.5, 0.6) is 0 Å². The monoisotopic (exact) mass is 289 g/mol. The Balaban J connectivity index is 2.23. The highest BCUT2D eigenvalue weighted by molar-refractivity contribution is 7.92. The highest BCUT2D eigenvalue weighted by Crippen LogP contribution is 2.20. The van der Waals surface area contributed by atoms with Gasteiger partial charge in [-0.15, -0.1) is 0 Å². The number of hydrogen-bond acceptors (Lipinski definition) is 2. The molecule has 0 amide bonds. The summed E-state index contributed by atoms with van der Waals surface area (Å²) in [6.07, 6.45) is 1.32. The molecule has 0 saturated carbocycles.